The van der Waals surface area contributed by atoms with Gasteiger partial charge in [0.15, 0.2) is 9.84 Å². The summed E-state index contributed by atoms with van der Waals surface area (Å²) >= 11 is 0. The van der Waals surface area contributed by atoms with Gasteiger partial charge in [-0.25, -0.2) is 16.8 Å². The lowest BCUT2D eigenvalue weighted by Crippen LogP contribution is -2.30. The van der Waals surface area contributed by atoms with Gasteiger partial charge in [0.25, 0.3) is 0 Å². The lowest BCUT2D eigenvalue weighted by atomic mass is 10.4. The second-order valence-corrected chi connectivity index (χ2v) is 9.63. The van der Waals surface area contributed by atoms with Crippen LogP contribution in [0, 0.1) is 0 Å². The molecule has 7 nitrogen and oxygen atoms in total. The number of rotatable bonds is 7. The van der Waals surface area contributed by atoms with E-state index in [1.807, 2.05) is 0 Å². The van der Waals surface area contributed by atoms with Gasteiger partial charge >= 0.3 is 0 Å². The molecule has 0 saturated carbocycles. The fourth-order valence-corrected chi connectivity index (χ4v) is 4.39. The summed E-state index contributed by atoms with van der Waals surface area (Å²) < 4.78 is 60.9. The maximum absolute atomic E-state index is 13.0. The molecule has 2 heterocycles. The van der Waals surface area contributed by atoms with Crippen LogP contribution in [0.1, 0.15) is 11.5 Å². The number of hydrogen-bond acceptors (Lipinski definition) is 6. The molecule has 3 aromatic rings. The van der Waals surface area contributed by atoms with E-state index in [1.165, 1.54) is 41.1 Å². The van der Waals surface area contributed by atoms with Gasteiger partial charge in [0.1, 0.15) is 11.5 Å². The Bertz CT molecular complexity index is 1010. The standard InChI is InChI=1S/C17H17NO6S2/c1-25(19,20)16-6-8-17(9-7-16)26(21,22)18(12-14-4-2-10-23-14)13-15-5-3-11-24-15/h2-11H,12-13H2,1H3. The van der Waals surface area contributed by atoms with Gasteiger partial charge in [0.2, 0.25) is 10.0 Å². The second-order valence-electron chi connectivity index (χ2n) is 5.68. The van der Waals surface area contributed by atoms with Gasteiger partial charge < -0.3 is 8.83 Å². The van der Waals surface area contributed by atoms with Crippen LogP contribution in [0.3, 0.4) is 0 Å². The summed E-state index contributed by atoms with van der Waals surface area (Å²) in [4.78, 5) is 0.0445. The Morgan fingerprint density at radius 3 is 1.62 bits per heavy atom. The molecule has 0 spiro atoms. The Kier molecular flexibility index (Phi) is 5.03. The van der Waals surface area contributed by atoms with Crippen LogP contribution in [0.25, 0.3) is 0 Å². The van der Waals surface area contributed by atoms with E-state index in [2.05, 4.69) is 0 Å². The monoisotopic (exact) mass is 395 g/mol. The molecular formula is C17H17NO6S2. The summed E-state index contributed by atoms with van der Waals surface area (Å²) in [7, 11) is -7.30. The molecular weight excluding hydrogens is 378 g/mol. The third-order valence-corrected chi connectivity index (χ3v) is 6.65. The van der Waals surface area contributed by atoms with Crippen LogP contribution >= 0.6 is 0 Å². The summed E-state index contributed by atoms with van der Waals surface area (Å²) in [6.07, 6.45) is 4.00. The molecule has 0 N–H and O–H groups in total. The summed E-state index contributed by atoms with van der Waals surface area (Å²) in [5.41, 5.74) is 0. The molecule has 0 bridgehead atoms. The van der Waals surface area contributed by atoms with Gasteiger partial charge in [-0.3, -0.25) is 0 Å². The fourth-order valence-electron chi connectivity index (χ4n) is 2.39. The lowest BCUT2D eigenvalue weighted by molar-refractivity contribution is 0.330. The zero-order valence-electron chi connectivity index (χ0n) is 13.9. The van der Waals surface area contributed by atoms with E-state index in [4.69, 9.17) is 8.83 Å². The number of benzene rings is 1. The Morgan fingerprint density at radius 1 is 0.769 bits per heavy atom. The zero-order chi connectivity index (χ0) is 18.8. The van der Waals surface area contributed by atoms with Crippen molar-refractivity contribution in [3.05, 3.63) is 72.6 Å². The Balaban J connectivity index is 1.95. The van der Waals surface area contributed by atoms with Crippen molar-refractivity contribution in [3.63, 3.8) is 0 Å². The van der Waals surface area contributed by atoms with Crippen LogP contribution in [0.4, 0.5) is 0 Å². The minimum Gasteiger partial charge on any atom is -0.468 e. The molecule has 0 aliphatic carbocycles. The van der Waals surface area contributed by atoms with E-state index in [1.54, 1.807) is 24.3 Å². The van der Waals surface area contributed by atoms with Crippen LogP contribution in [0.2, 0.25) is 0 Å². The molecule has 138 valence electrons. The number of nitrogens with zero attached hydrogens (tertiary/aromatic N) is 1. The molecule has 0 unspecified atom stereocenters. The molecule has 0 fully saturated rings. The summed E-state index contributed by atoms with van der Waals surface area (Å²) in [5.74, 6) is 0.959. The van der Waals surface area contributed by atoms with E-state index in [9.17, 15) is 16.8 Å². The van der Waals surface area contributed by atoms with Crippen molar-refractivity contribution in [1.82, 2.24) is 4.31 Å². The molecule has 0 aliphatic heterocycles. The average Bonchev–Trinajstić information content (AvgIpc) is 3.27. The molecule has 2 aromatic heterocycles. The van der Waals surface area contributed by atoms with Crippen LogP contribution in [0.5, 0.6) is 0 Å². The van der Waals surface area contributed by atoms with Crippen molar-refractivity contribution in [2.75, 3.05) is 6.26 Å². The number of hydrogen-bond donors (Lipinski definition) is 0. The minimum absolute atomic E-state index is 0.0111. The van der Waals surface area contributed by atoms with Crippen LogP contribution < -0.4 is 0 Å². The van der Waals surface area contributed by atoms with Crippen LogP contribution in [-0.2, 0) is 33.0 Å². The maximum atomic E-state index is 13.0. The summed E-state index contributed by atoms with van der Waals surface area (Å²) in [6, 6.07) is 11.8. The third-order valence-electron chi connectivity index (χ3n) is 3.71. The van der Waals surface area contributed by atoms with Crippen molar-refractivity contribution in [2.45, 2.75) is 22.9 Å². The van der Waals surface area contributed by atoms with E-state index < -0.39 is 19.9 Å². The Labute approximate surface area is 151 Å². The van der Waals surface area contributed by atoms with E-state index in [-0.39, 0.29) is 22.9 Å². The highest BCUT2D eigenvalue weighted by atomic mass is 32.2. The molecule has 1 aromatic carbocycles. The zero-order valence-corrected chi connectivity index (χ0v) is 15.5. The Hall–Kier alpha value is -2.36. The highest BCUT2D eigenvalue weighted by molar-refractivity contribution is 7.90. The van der Waals surface area contributed by atoms with E-state index in [0.29, 0.717) is 11.5 Å². The largest absolute Gasteiger partial charge is 0.468 e. The minimum atomic E-state index is -3.90. The predicted octanol–water partition coefficient (Wildman–Crippen LogP) is 2.67. The normalized spacial score (nSPS) is 12.5. The van der Waals surface area contributed by atoms with Gasteiger partial charge in [0.05, 0.1) is 35.4 Å². The topological polar surface area (TPSA) is 97.8 Å². The van der Waals surface area contributed by atoms with Gasteiger partial charge in [-0.15, -0.1) is 0 Å². The third kappa shape index (κ3) is 4.06. The van der Waals surface area contributed by atoms with Crippen molar-refractivity contribution < 1.29 is 25.7 Å². The molecule has 26 heavy (non-hydrogen) atoms. The number of sulfone groups is 1. The fraction of sp³-hybridized carbons (Fsp3) is 0.176. The molecule has 3 rings (SSSR count). The number of furan rings is 2. The molecule has 0 aliphatic rings. The average molecular weight is 395 g/mol. The second kappa shape index (κ2) is 7.10. The highest BCUT2D eigenvalue weighted by Gasteiger charge is 2.27. The summed E-state index contributed by atoms with van der Waals surface area (Å²) in [6.45, 7) is 0.0354. The first-order valence-electron chi connectivity index (χ1n) is 7.62. The summed E-state index contributed by atoms with van der Waals surface area (Å²) in [5, 5.41) is 0. The molecule has 0 radical (unpaired) electrons. The van der Waals surface area contributed by atoms with Crippen LogP contribution in [0.15, 0.2) is 79.7 Å². The van der Waals surface area contributed by atoms with Gasteiger partial charge in [-0.05, 0) is 48.5 Å². The highest BCUT2D eigenvalue weighted by Crippen LogP contribution is 2.23. The van der Waals surface area contributed by atoms with Crippen molar-refractivity contribution in [3.8, 4) is 0 Å². The molecule has 0 saturated heterocycles. The Morgan fingerprint density at radius 2 is 1.23 bits per heavy atom. The predicted molar refractivity (Wildman–Crippen MR) is 93.4 cm³/mol. The number of sulfonamides is 1. The van der Waals surface area contributed by atoms with Gasteiger partial charge in [-0.2, -0.15) is 4.31 Å². The molecule has 0 atom stereocenters. The maximum Gasteiger partial charge on any atom is 0.243 e. The first-order chi connectivity index (χ1) is 12.3. The SMILES string of the molecule is CS(=O)(=O)c1ccc(S(=O)(=O)N(Cc2ccco2)Cc2ccco2)cc1. The molecule has 9 heteroatoms. The van der Waals surface area contributed by atoms with Crippen molar-refractivity contribution in [1.29, 1.82) is 0 Å². The lowest BCUT2D eigenvalue weighted by Gasteiger charge is -2.20. The van der Waals surface area contributed by atoms with Gasteiger partial charge in [-0.1, -0.05) is 0 Å². The van der Waals surface area contributed by atoms with E-state index >= 15 is 0 Å². The first-order valence-corrected chi connectivity index (χ1v) is 10.9. The first kappa shape index (κ1) is 18.4. The van der Waals surface area contributed by atoms with Crippen molar-refractivity contribution in [2.24, 2.45) is 0 Å². The molecule has 0 amide bonds. The smallest absolute Gasteiger partial charge is 0.243 e. The van der Waals surface area contributed by atoms with Crippen LogP contribution in [-0.4, -0.2) is 27.4 Å². The van der Waals surface area contributed by atoms with Crippen molar-refractivity contribution >= 4 is 19.9 Å². The van der Waals surface area contributed by atoms with E-state index in [0.717, 1.165) is 6.26 Å². The quantitative estimate of drug-likeness (QED) is 0.610. The van der Waals surface area contributed by atoms with Gasteiger partial charge in [0, 0.05) is 6.26 Å².